The van der Waals surface area contributed by atoms with Crippen LogP contribution in [0.15, 0.2) is 36.4 Å². The summed E-state index contributed by atoms with van der Waals surface area (Å²) in [5.74, 6) is 0.552. The van der Waals surface area contributed by atoms with Gasteiger partial charge in [0.15, 0.2) is 11.5 Å². The monoisotopic (exact) mass is 387 g/mol. The highest BCUT2D eigenvalue weighted by Gasteiger charge is 2.20. The van der Waals surface area contributed by atoms with Crippen LogP contribution in [0, 0.1) is 0 Å². The van der Waals surface area contributed by atoms with E-state index < -0.39 is 0 Å². The van der Waals surface area contributed by atoms with Crippen molar-refractivity contribution >= 4 is 29.2 Å². The van der Waals surface area contributed by atoms with Crippen molar-refractivity contribution in [3.05, 3.63) is 52.7 Å². The minimum atomic E-state index is -0.252. The first kappa shape index (κ1) is 19.1. The lowest BCUT2D eigenvalue weighted by molar-refractivity contribution is -0.129. The van der Waals surface area contributed by atoms with Gasteiger partial charge in [0, 0.05) is 44.7 Å². The number of aromatic nitrogens is 2. The zero-order chi connectivity index (χ0) is 19.2. The number of rotatable bonds is 5. The summed E-state index contributed by atoms with van der Waals surface area (Å²) in [5, 5.41) is 11.7. The molecule has 0 bridgehead atoms. The van der Waals surface area contributed by atoms with Gasteiger partial charge in [0.2, 0.25) is 5.91 Å². The standard InChI is InChI=1S/C19H22ClN5O2/c1-14(26)24-9-11-25(12-10-24)18-6-5-17(22-23-18)19(27)21-8-7-15-3-2-4-16(20)13-15/h2-6,13H,7-12H2,1H3,(H,21,27). The van der Waals surface area contributed by atoms with Crippen LogP contribution in [0.1, 0.15) is 23.0 Å². The van der Waals surface area contributed by atoms with E-state index in [1.807, 2.05) is 29.2 Å². The molecule has 1 aliphatic heterocycles. The third kappa shape index (κ3) is 5.17. The van der Waals surface area contributed by atoms with Crippen molar-refractivity contribution in [1.29, 1.82) is 0 Å². The Hall–Kier alpha value is -2.67. The van der Waals surface area contributed by atoms with E-state index in [9.17, 15) is 9.59 Å². The number of carbonyl (C=O) groups excluding carboxylic acids is 2. The van der Waals surface area contributed by atoms with Gasteiger partial charge in [0.05, 0.1) is 0 Å². The van der Waals surface area contributed by atoms with Crippen LogP contribution in [0.2, 0.25) is 5.02 Å². The van der Waals surface area contributed by atoms with E-state index in [0.717, 1.165) is 5.56 Å². The number of nitrogens with zero attached hydrogens (tertiary/aromatic N) is 4. The highest BCUT2D eigenvalue weighted by molar-refractivity contribution is 6.30. The van der Waals surface area contributed by atoms with Gasteiger partial charge in [-0.1, -0.05) is 23.7 Å². The second-order valence-corrected chi connectivity index (χ2v) is 6.84. The lowest BCUT2D eigenvalue weighted by Gasteiger charge is -2.34. The average Bonchev–Trinajstić information content (AvgIpc) is 2.68. The van der Waals surface area contributed by atoms with Crippen LogP contribution in [0.3, 0.4) is 0 Å². The van der Waals surface area contributed by atoms with Gasteiger partial charge >= 0.3 is 0 Å². The molecular weight excluding hydrogens is 366 g/mol. The number of hydrogen-bond donors (Lipinski definition) is 1. The first-order valence-corrected chi connectivity index (χ1v) is 9.27. The summed E-state index contributed by atoms with van der Waals surface area (Å²) in [6.45, 7) is 4.83. The van der Waals surface area contributed by atoms with E-state index in [1.54, 1.807) is 19.1 Å². The summed E-state index contributed by atoms with van der Waals surface area (Å²) in [4.78, 5) is 27.5. The first-order chi connectivity index (χ1) is 13.0. The van der Waals surface area contributed by atoms with Gasteiger partial charge in [-0.05, 0) is 36.2 Å². The van der Waals surface area contributed by atoms with E-state index in [-0.39, 0.29) is 17.5 Å². The average molecular weight is 388 g/mol. The summed E-state index contributed by atoms with van der Waals surface area (Å²) >= 11 is 5.96. The molecule has 2 heterocycles. The lowest BCUT2D eigenvalue weighted by Crippen LogP contribution is -2.48. The third-order valence-corrected chi connectivity index (χ3v) is 4.76. The zero-order valence-corrected chi connectivity index (χ0v) is 15.9. The predicted molar refractivity (Wildman–Crippen MR) is 104 cm³/mol. The molecule has 1 aliphatic rings. The number of hydrogen-bond acceptors (Lipinski definition) is 5. The van der Waals surface area contributed by atoms with E-state index in [0.29, 0.717) is 50.0 Å². The quantitative estimate of drug-likeness (QED) is 0.845. The van der Waals surface area contributed by atoms with Gasteiger partial charge in [0.25, 0.3) is 5.91 Å². The Balaban J connectivity index is 1.49. The molecule has 0 aliphatic carbocycles. The maximum absolute atomic E-state index is 12.2. The lowest BCUT2D eigenvalue weighted by atomic mass is 10.1. The maximum atomic E-state index is 12.2. The number of nitrogens with one attached hydrogen (secondary N) is 1. The molecule has 0 saturated carbocycles. The number of piperazine rings is 1. The van der Waals surface area contributed by atoms with Crippen molar-refractivity contribution in [2.75, 3.05) is 37.6 Å². The van der Waals surface area contributed by atoms with E-state index in [1.165, 1.54) is 0 Å². The number of benzene rings is 1. The second-order valence-electron chi connectivity index (χ2n) is 6.41. The van der Waals surface area contributed by atoms with Crippen LogP contribution >= 0.6 is 11.6 Å². The number of anilines is 1. The van der Waals surface area contributed by atoms with E-state index in [2.05, 4.69) is 20.4 Å². The smallest absolute Gasteiger partial charge is 0.271 e. The third-order valence-electron chi connectivity index (χ3n) is 4.52. The molecule has 142 valence electrons. The molecule has 0 spiro atoms. The minimum Gasteiger partial charge on any atom is -0.352 e. The zero-order valence-electron chi connectivity index (χ0n) is 15.2. The number of carbonyl (C=O) groups is 2. The van der Waals surface area contributed by atoms with Gasteiger partial charge < -0.3 is 15.1 Å². The highest BCUT2D eigenvalue weighted by atomic mass is 35.5. The Morgan fingerprint density at radius 3 is 2.52 bits per heavy atom. The summed E-state index contributed by atoms with van der Waals surface area (Å²) < 4.78 is 0. The molecule has 0 atom stereocenters. The fourth-order valence-electron chi connectivity index (χ4n) is 2.97. The van der Waals surface area contributed by atoms with Crippen molar-refractivity contribution in [2.24, 2.45) is 0 Å². The molecule has 1 aromatic heterocycles. The molecule has 27 heavy (non-hydrogen) atoms. The Labute approximate surface area is 163 Å². The largest absolute Gasteiger partial charge is 0.352 e. The van der Waals surface area contributed by atoms with Crippen LogP contribution in [-0.4, -0.2) is 59.6 Å². The summed E-state index contributed by atoms with van der Waals surface area (Å²) in [7, 11) is 0. The molecule has 1 fully saturated rings. The Morgan fingerprint density at radius 1 is 1.11 bits per heavy atom. The van der Waals surface area contributed by atoms with Crippen LogP contribution < -0.4 is 10.2 Å². The molecule has 2 amide bonds. The molecule has 8 heteroatoms. The summed E-state index contributed by atoms with van der Waals surface area (Å²) in [5.41, 5.74) is 1.35. The summed E-state index contributed by atoms with van der Waals surface area (Å²) in [6.07, 6.45) is 0.693. The molecule has 1 saturated heterocycles. The number of amides is 2. The second kappa shape index (κ2) is 8.81. The van der Waals surface area contributed by atoms with Gasteiger partial charge in [0.1, 0.15) is 0 Å². The fourth-order valence-corrected chi connectivity index (χ4v) is 3.18. The number of halogens is 1. The summed E-state index contributed by atoms with van der Waals surface area (Å²) in [6, 6.07) is 11.0. The minimum absolute atomic E-state index is 0.0885. The first-order valence-electron chi connectivity index (χ1n) is 8.90. The normalized spacial score (nSPS) is 14.1. The van der Waals surface area contributed by atoms with E-state index >= 15 is 0 Å². The maximum Gasteiger partial charge on any atom is 0.271 e. The van der Waals surface area contributed by atoms with Crippen LogP contribution in [0.4, 0.5) is 5.82 Å². The van der Waals surface area contributed by atoms with Crippen molar-refractivity contribution in [1.82, 2.24) is 20.4 Å². The van der Waals surface area contributed by atoms with Crippen molar-refractivity contribution in [3.63, 3.8) is 0 Å². The topological polar surface area (TPSA) is 78.4 Å². The molecule has 0 unspecified atom stereocenters. The molecular formula is C19H22ClN5O2. The fraction of sp³-hybridized carbons (Fsp3) is 0.368. The van der Waals surface area contributed by atoms with Crippen LogP contribution in [0.5, 0.6) is 0 Å². The van der Waals surface area contributed by atoms with Gasteiger partial charge in [-0.25, -0.2) is 0 Å². The Kier molecular flexibility index (Phi) is 6.24. The molecule has 3 rings (SSSR count). The van der Waals surface area contributed by atoms with Crippen LogP contribution in [-0.2, 0) is 11.2 Å². The van der Waals surface area contributed by atoms with Crippen molar-refractivity contribution in [2.45, 2.75) is 13.3 Å². The van der Waals surface area contributed by atoms with Crippen molar-refractivity contribution in [3.8, 4) is 0 Å². The molecule has 2 aromatic rings. The SMILES string of the molecule is CC(=O)N1CCN(c2ccc(C(=O)NCCc3cccc(Cl)c3)nn2)CC1. The van der Waals surface area contributed by atoms with Crippen LogP contribution in [0.25, 0.3) is 0 Å². The van der Waals surface area contributed by atoms with Gasteiger partial charge in [-0.15, -0.1) is 10.2 Å². The highest BCUT2D eigenvalue weighted by Crippen LogP contribution is 2.13. The van der Waals surface area contributed by atoms with Crippen molar-refractivity contribution < 1.29 is 9.59 Å². The molecule has 1 N–H and O–H groups in total. The van der Waals surface area contributed by atoms with E-state index in [4.69, 9.17) is 11.6 Å². The Bertz CT molecular complexity index is 804. The Morgan fingerprint density at radius 2 is 1.89 bits per heavy atom. The van der Waals surface area contributed by atoms with Gasteiger partial charge in [-0.2, -0.15) is 0 Å². The molecule has 0 radical (unpaired) electrons. The molecule has 7 nitrogen and oxygen atoms in total. The molecule has 1 aromatic carbocycles. The van der Waals surface area contributed by atoms with Gasteiger partial charge in [-0.3, -0.25) is 9.59 Å². The predicted octanol–water partition coefficient (Wildman–Crippen LogP) is 1.77.